The van der Waals surface area contributed by atoms with E-state index in [2.05, 4.69) is 29.2 Å². The van der Waals surface area contributed by atoms with Crippen molar-refractivity contribution in [3.05, 3.63) is 93.1 Å². The molecule has 0 saturated carbocycles. The number of carbonyl (C=O) groups excluding carboxylic acids is 1. The van der Waals surface area contributed by atoms with Crippen LogP contribution in [0.15, 0.2) is 60.7 Å². The number of fused-ring (bicyclic) bond motifs is 4. The first-order valence-corrected chi connectivity index (χ1v) is 11.8. The lowest BCUT2D eigenvalue weighted by Gasteiger charge is -2.51. The monoisotopic (exact) mass is 442 g/mol. The van der Waals surface area contributed by atoms with Gasteiger partial charge in [0.1, 0.15) is 0 Å². The Morgan fingerprint density at radius 2 is 1.88 bits per heavy atom. The van der Waals surface area contributed by atoms with E-state index in [4.69, 9.17) is 4.74 Å². The maximum Gasteiger partial charge on any atom is 0.338 e. The molecule has 4 aliphatic rings. The predicted molar refractivity (Wildman–Crippen MR) is 126 cm³/mol. The van der Waals surface area contributed by atoms with Crippen molar-refractivity contribution in [1.82, 2.24) is 0 Å². The molecule has 33 heavy (non-hydrogen) atoms. The Balaban J connectivity index is 1.55. The van der Waals surface area contributed by atoms with Crippen LogP contribution in [0.2, 0.25) is 0 Å². The third-order valence-electron chi connectivity index (χ3n) is 7.78. The number of allylic oxidation sites excluding steroid dienone is 4. The number of rotatable bonds is 4. The van der Waals surface area contributed by atoms with Crippen LogP contribution in [-0.2, 0) is 4.74 Å². The molecule has 2 heterocycles. The molecule has 0 saturated heterocycles. The molecule has 2 aromatic carbocycles. The Hall–Kier alpha value is -3.41. The van der Waals surface area contributed by atoms with Crippen molar-refractivity contribution in [2.45, 2.75) is 37.6 Å². The van der Waals surface area contributed by atoms with Gasteiger partial charge in [0.2, 0.25) is 0 Å². The summed E-state index contributed by atoms with van der Waals surface area (Å²) in [4.78, 5) is 26.4. The molecule has 168 valence electrons. The molecule has 5 atom stereocenters. The van der Waals surface area contributed by atoms with Crippen LogP contribution < -0.4 is 4.90 Å². The fraction of sp³-hybridized carbons (Fsp3) is 0.370. The second-order valence-corrected chi connectivity index (χ2v) is 9.48. The third-order valence-corrected chi connectivity index (χ3v) is 7.78. The highest BCUT2D eigenvalue weighted by Crippen LogP contribution is 2.59. The molecule has 6 rings (SSSR count). The molecule has 0 N–H and O–H groups in total. The number of esters is 1. The number of anilines is 1. The maximum absolute atomic E-state index is 12.7. The summed E-state index contributed by atoms with van der Waals surface area (Å²) in [5.74, 6) is 0.907. The topological polar surface area (TPSA) is 72.7 Å². The smallest absolute Gasteiger partial charge is 0.338 e. The molecule has 0 aromatic heterocycles. The van der Waals surface area contributed by atoms with Crippen LogP contribution in [0.5, 0.6) is 0 Å². The van der Waals surface area contributed by atoms with E-state index in [-0.39, 0.29) is 40.4 Å². The number of ether oxygens (including phenoxy) is 1. The van der Waals surface area contributed by atoms with Crippen molar-refractivity contribution in [3.8, 4) is 0 Å². The molecule has 6 nitrogen and oxygen atoms in total. The molecule has 2 aromatic rings. The summed E-state index contributed by atoms with van der Waals surface area (Å²) < 4.78 is 5.36. The molecule has 2 aliphatic carbocycles. The molecule has 0 fully saturated rings. The first-order chi connectivity index (χ1) is 16.1. The lowest BCUT2D eigenvalue weighted by molar-refractivity contribution is -0.384. The largest absolute Gasteiger partial charge is 0.462 e. The highest BCUT2D eigenvalue weighted by atomic mass is 16.6. The lowest BCUT2D eigenvalue weighted by atomic mass is 9.70. The highest BCUT2D eigenvalue weighted by Gasteiger charge is 2.48. The molecule has 6 heteroatoms. The Morgan fingerprint density at radius 3 is 2.67 bits per heavy atom. The second kappa shape index (κ2) is 7.58. The van der Waals surface area contributed by atoms with E-state index in [0.717, 1.165) is 24.9 Å². The summed E-state index contributed by atoms with van der Waals surface area (Å²) in [6, 6.07) is 11.3. The lowest BCUT2D eigenvalue weighted by Crippen LogP contribution is -2.46. The third kappa shape index (κ3) is 3.04. The number of non-ortho nitro benzene ring substituents is 1. The standard InChI is InChI=1S/C27H26N2O4/c1-2-33-27(30)18-13-23-20-9-4-7-17(20)15-28-25(16-6-3-8-19(12-16)29(31)32)22-11-5-10-21(22)24(14-18)26(23)28/h3-6,8-10,12-14,17,20-22,25H,2,7,11,15H2,1H3. The average molecular weight is 443 g/mol. The highest BCUT2D eigenvalue weighted by molar-refractivity contribution is 5.92. The Bertz CT molecular complexity index is 1200. The van der Waals surface area contributed by atoms with Crippen molar-refractivity contribution in [2.24, 2.45) is 11.8 Å². The zero-order chi connectivity index (χ0) is 22.7. The summed E-state index contributed by atoms with van der Waals surface area (Å²) in [5, 5.41) is 11.5. The van der Waals surface area contributed by atoms with E-state index < -0.39 is 0 Å². The van der Waals surface area contributed by atoms with Gasteiger partial charge in [0.15, 0.2) is 0 Å². The van der Waals surface area contributed by atoms with Crippen LogP contribution in [0.25, 0.3) is 0 Å². The average Bonchev–Trinajstić information content (AvgIpc) is 3.49. The van der Waals surface area contributed by atoms with E-state index >= 15 is 0 Å². The number of nitro benzene ring substituents is 1. The molecule has 0 bridgehead atoms. The van der Waals surface area contributed by atoms with Crippen molar-refractivity contribution < 1.29 is 14.5 Å². The molecule has 0 spiro atoms. The minimum absolute atomic E-state index is 0.0612. The Kier molecular flexibility index (Phi) is 4.64. The van der Waals surface area contributed by atoms with Gasteiger partial charge >= 0.3 is 5.97 Å². The molecule has 0 amide bonds. The number of carbonyl (C=O) groups is 1. The first kappa shape index (κ1) is 20.2. The van der Waals surface area contributed by atoms with Crippen molar-refractivity contribution in [1.29, 1.82) is 0 Å². The van der Waals surface area contributed by atoms with Crippen LogP contribution in [0.3, 0.4) is 0 Å². The number of nitro groups is 1. The first-order valence-electron chi connectivity index (χ1n) is 11.8. The zero-order valence-corrected chi connectivity index (χ0v) is 18.5. The number of hydrogen-bond acceptors (Lipinski definition) is 5. The summed E-state index contributed by atoms with van der Waals surface area (Å²) in [6.07, 6.45) is 10.9. The van der Waals surface area contributed by atoms with Crippen LogP contribution in [0, 0.1) is 22.0 Å². The van der Waals surface area contributed by atoms with Gasteiger partial charge < -0.3 is 9.64 Å². The van der Waals surface area contributed by atoms with Gasteiger partial charge in [0.25, 0.3) is 5.69 Å². The maximum atomic E-state index is 12.7. The quantitative estimate of drug-likeness (QED) is 0.264. The second-order valence-electron chi connectivity index (χ2n) is 9.48. The van der Waals surface area contributed by atoms with Crippen LogP contribution >= 0.6 is 0 Å². The summed E-state index contributed by atoms with van der Waals surface area (Å²) >= 11 is 0. The summed E-state index contributed by atoms with van der Waals surface area (Å²) in [7, 11) is 0. The summed E-state index contributed by atoms with van der Waals surface area (Å²) in [5.41, 5.74) is 5.35. The number of hydrogen-bond donors (Lipinski definition) is 0. The van der Waals surface area contributed by atoms with Crippen molar-refractivity contribution >= 4 is 17.3 Å². The number of benzene rings is 2. The van der Waals surface area contributed by atoms with E-state index in [9.17, 15) is 14.9 Å². The Morgan fingerprint density at radius 1 is 1.12 bits per heavy atom. The minimum Gasteiger partial charge on any atom is -0.462 e. The van der Waals surface area contributed by atoms with Crippen molar-refractivity contribution in [3.63, 3.8) is 0 Å². The van der Waals surface area contributed by atoms with E-state index in [1.807, 2.05) is 25.1 Å². The van der Waals surface area contributed by atoms with E-state index in [0.29, 0.717) is 18.1 Å². The SMILES string of the molecule is CCOC(=O)c1cc2c3c(c1)C1C=CCC1C(c1cccc([N+](=O)[O-])c1)N3CC1CC=CC21. The predicted octanol–water partition coefficient (Wildman–Crippen LogP) is 5.67. The minimum atomic E-state index is -0.311. The van der Waals surface area contributed by atoms with Crippen LogP contribution in [-0.4, -0.2) is 24.0 Å². The fourth-order valence-electron chi connectivity index (χ4n) is 6.51. The molecular formula is C27H26N2O4. The van der Waals surface area contributed by atoms with E-state index in [1.54, 1.807) is 18.2 Å². The molecule has 5 unspecified atom stereocenters. The molecular weight excluding hydrogens is 416 g/mol. The van der Waals surface area contributed by atoms with Gasteiger partial charge in [-0.05, 0) is 60.4 Å². The summed E-state index contributed by atoms with van der Waals surface area (Å²) in [6.45, 7) is 3.09. The number of nitrogens with zero attached hydrogens (tertiary/aromatic N) is 2. The zero-order valence-electron chi connectivity index (χ0n) is 18.5. The van der Waals surface area contributed by atoms with Gasteiger partial charge in [-0.15, -0.1) is 0 Å². The Labute approximate surface area is 192 Å². The van der Waals surface area contributed by atoms with Crippen LogP contribution in [0.1, 0.15) is 64.7 Å². The molecule has 0 radical (unpaired) electrons. The van der Waals surface area contributed by atoms with Gasteiger partial charge in [-0.1, -0.05) is 36.4 Å². The van der Waals surface area contributed by atoms with Gasteiger partial charge in [-0.2, -0.15) is 0 Å². The molecule has 2 aliphatic heterocycles. The van der Waals surface area contributed by atoms with E-state index in [1.165, 1.54) is 16.8 Å². The normalized spacial score (nSPS) is 28.3. The van der Waals surface area contributed by atoms with Gasteiger partial charge in [0, 0.05) is 36.2 Å². The van der Waals surface area contributed by atoms with Crippen LogP contribution in [0.4, 0.5) is 11.4 Å². The van der Waals surface area contributed by atoms with Crippen molar-refractivity contribution in [2.75, 3.05) is 18.1 Å². The van der Waals surface area contributed by atoms with Gasteiger partial charge in [-0.25, -0.2) is 4.79 Å². The van der Waals surface area contributed by atoms with Gasteiger partial charge in [-0.3, -0.25) is 10.1 Å². The van der Waals surface area contributed by atoms with Gasteiger partial charge in [0.05, 0.1) is 23.1 Å². The fourth-order valence-corrected chi connectivity index (χ4v) is 6.51.